The second-order valence-electron chi connectivity index (χ2n) is 7.81. The van der Waals surface area contributed by atoms with Crippen LogP contribution in [0.3, 0.4) is 0 Å². The first-order valence-electron chi connectivity index (χ1n) is 9.55. The van der Waals surface area contributed by atoms with E-state index >= 15 is 0 Å². The van der Waals surface area contributed by atoms with E-state index in [0.717, 1.165) is 36.3 Å². The number of anilines is 1. The van der Waals surface area contributed by atoms with Gasteiger partial charge in [0.05, 0.1) is 5.41 Å². The molecule has 5 rings (SSSR count). The van der Waals surface area contributed by atoms with E-state index in [0.29, 0.717) is 6.61 Å². The average molecular weight is 362 g/mol. The number of ether oxygens (including phenoxy) is 1. The second-order valence-corrected chi connectivity index (χ2v) is 7.81. The number of hydrogen-bond acceptors (Lipinski definition) is 3. The third-order valence-electron chi connectivity index (χ3n) is 5.83. The maximum atomic E-state index is 13.4. The molecule has 138 valence electrons. The first-order chi connectivity index (χ1) is 13.2. The van der Waals surface area contributed by atoms with Crippen LogP contribution in [0.15, 0.2) is 54.6 Å². The smallest absolute Gasteiger partial charge is 0.240 e. The SMILES string of the molecule is O=C(CN1C(=O)[C@@]2(COc3ccccc3)C[C@H]2c2ccccc21)NC1CC1. The Hall–Kier alpha value is -2.82. The molecule has 0 bridgehead atoms. The molecule has 0 radical (unpaired) electrons. The summed E-state index contributed by atoms with van der Waals surface area (Å²) >= 11 is 0. The maximum absolute atomic E-state index is 13.4. The van der Waals surface area contributed by atoms with Crippen molar-refractivity contribution in [3.63, 3.8) is 0 Å². The number of amides is 2. The van der Waals surface area contributed by atoms with Crippen LogP contribution in [0.1, 0.15) is 30.7 Å². The number of carbonyl (C=O) groups is 2. The molecule has 1 heterocycles. The Morgan fingerprint density at radius 3 is 2.63 bits per heavy atom. The summed E-state index contributed by atoms with van der Waals surface area (Å²) in [5, 5.41) is 2.99. The fraction of sp³-hybridized carbons (Fsp3) is 0.364. The fourth-order valence-corrected chi connectivity index (χ4v) is 4.11. The highest BCUT2D eigenvalue weighted by Crippen LogP contribution is 2.65. The summed E-state index contributed by atoms with van der Waals surface area (Å²) in [6.45, 7) is 0.418. The molecule has 5 heteroatoms. The zero-order valence-electron chi connectivity index (χ0n) is 15.1. The van der Waals surface area contributed by atoms with Gasteiger partial charge >= 0.3 is 0 Å². The van der Waals surface area contributed by atoms with Gasteiger partial charge in [0, 0.05) is 17.6 Å². The van der Waals surface area contributed by atoms with E-state index in [-0.39, 0.29) is 30.3 Å². The van der Waals surface area contributed by atoms with Gasteiger partial charge in [-0.15, -0.1) is 0 Å². The Balaban J connectivity index is 1.40. The molecule has 1 N–H and O–H groups in total. The molecule has 0 aromatic heterocycles. The van der Waals surface area contributed by atoms with Gasteiger partial charge in [-0.25, -0.2) is 0 Å². The molecule has 2 atom stereocenters. The van der Waals surface area contributed by atoms with Crippen molar-refractivity contribution in [1.82, 2.24) is 5.32 Å². The van der Waals surface area contributed by atoms with Crippen LogP contribution >= 0.6 is 0 Å². The summed E-state index contributed by atoms with van der Waals surface area (Å²) in [5.74, 6) is 0.863. The number of carbonyl (C=O) groups excluding carboxylic acids is 2. The van der Waals surface area contributed by atoms with Crippen LogP contribution in [0.5, 0.6) is 5.75 Å². The molecule has 2 fully saturated rings. The summed E-state index contributed by atoms with van der Waals surface area (Å²) < 4.78 is 5.96. The lowest BCUT2D eigenvalue weighted by Gasteiger charge is -2.33. The Morgan fingerprint density at radius 1 is 1.11 bits per heavy atom. The minimum Gasteiger partial charge on any atom is -0.492 e. The second kappa shape index (κ2) is 6.12. The molecule has 0 unspecified atom stereocenters. The van der Waals surface area contributed by atoms with Gasteiger partial charge in [0.2, 0.25) is 11.8 Å². The van der Waals surface area contributed by atoms with Crippen molar-refractivity contribution in [3.05, 3.63) is 60.2 Å². The van der Waals surface area contributed by atoms with E-state index in [9.17, 15) is 9.59 Å². The van der Waals surface area contributed by atoms with Crippen LogP contribution in [0.2, 0.25) is 0 Å². The highest BCUT2D eigenvalue weighted by Gasteiger charge is 2.66. The van der Waals surface area contributed by atoms with Gasteiger partial charge in [-0.2, -0.15) is 0 Å². The number of hydrogen-bond donors (Lipinski definition) is 1. The minimum absolute atomic E-state index is 0.00748. The van der Waals surface area contributed by atoms with Gasteiger partial charge in [0.25, 0.3) is 0 Å². The van der Waals surface area contributed by atoms with Crippen LogP contribution in [-0.2, 0) is 9.59 Å². The summed E-state index contributed by atoms with van der Waals surface area (Å²) in [5.41, 5.74) is 1.46. The van der Waals surface area contributed by atoms with Gasteiger partial charge in [0.1, 0.15) is 18.9 Å². The van der Waals surface area contributed by atoms with Crippen LogP contribution in [0.25, 0.3) is 0 Å². The molecule has 2 aliphatic carbocycles. The number of fused-ring (bicyclic) bond motifs is 3. The molecule has 0 saturated heterocycles. The van der Waals surface area contributed by atoms with Gasteiger partial charge in [-0.3, -0.25) is 9.59 Å². The van der Waals surface area contributed by atoms with Crippen molar-refractivity contribution < 1.29 is 14.3 Å². The third-order valence-corrected chi connectivity index (χ3v) is 5.83. The van der Waals surface area contributed by atoms with Crippen molar-refractivity contribution in [2.75, 3.05) is 18.1 Å². The molecule has 2 saturated carbocycles. The summed E-state index contributed by atoms with van der Waals surface area (Å²) in [6, 6.07) is 17.8. The van der Waals surface area contributed by atoms with E-state index < -0.39 is 5.41 Å². The Morgan fingerprint density at radius 2 is 1.85 bits per heavy atom. The zero-order chi connectivity index (χ0) is 18.4. The highest BCUT2D eigenvalue weighted by atomic mass is 16.5. The Labute approximate surface area is 158 Å². The van der Waals surface area contributed by atoms with Crippen LogP contribution in [0, 0.1) is 5.41 Å². The number of benzene rings is 2. The standard InChI is InChI=1S/C22H22N2O3/c25-20(23-15-10-11-15)13-24-19-9-5-4-8-17(19)18-12-22(18,21(24)26)14-27-16-6-2-1-3-7-16/h1-9,15,18H,10-14H2,(H,23,25)/t18-,22+/m0/s1. The molecular weight excluding hydrogens is 340 g/mol. The first kappa shape index (κ1) is 16.4. The predicted octanol–water partition coefficient (Wildman–Crippen LogP) is 2.86. The van der Waals surface area contributed by atoms with Crippen molar-refractivity contribution in [3.8, 4) is 5.75 Å². The molecule has 27 heavy (non-hydrogen) atoms. The summed E-state index contributed by atoms with van der Waals surface area (Å²) in [6.07, 6.45) is 2.84. The Kier molecular flexibility index (Phi) is 3.71. The van der Waals surface area contributed by atoms with E-state index in [1.165, 1.54) is 0 Å². The van der Waals surface area contributed by atoms with Crippen LogP contribution in [0.4, 0.5) is 5.69 Å². The number of nitrogens with one attached hydrogen (secondary N) is 1. The molecule has 3 aliphatic rings. The molecular formula is C22H22N2O3. The molecule has 1 aliphatic heterocycles. The summed E-state index contributed by atoms with van der Waals surface area (Å²) in [7, 11) is 0. The number of para-hydroxylation sites is 2. The van der Waals surface area contributed by atoms with E-state index in [2.05, 4.69) is 11.4 Å². The maximum Gasteiger partial charge on any atom is 0.240 e. The largest absolute Gasteiger partial charge is 0.492 e. The van der Waals surface area contributed by atoms with Gasteiger partial charge < -0.3 is 15.0 Å². The van der Waals surface area contributed by atoms with Gasteiger partial charge in [-0.05, 0) is 43.0 Å². The molecule has 0 spiro atoms. The fourth-order valence-electron chi connectivity index (χ4n) is 4.11. The molecule has 2 aromatic carbocycles. The van der Waals surface area contributed by atoms with Gasteiger partial charge in [0.15, 0.2) is 0 Å². The van der Waals surface area contributed by atoms with E-state index in [4.69, 9.17) is 4.74 Å². The molecule has 2 aromatic rings. The quantitative estimate of drug-likeness (QED) is 0.860. The average Bonchev–Trinajstić information content (AvgIpc) is 3.61. The lowest BCUT2D eigenvalue weighted by Crippen LogP contribution is -2.48. The number of rotatable bonds is 6. The third kappa shape index (κ3) is 2.87. The predicted molar refractivity (Wildman–Crippen MR) is 102 cm³/mol. The monoisotopic (exact) mass is 362 g/mol. The van der Waals surface area contributed by atoms with E-state index in [1.54, 1.807) is 4.90 Å². The van der Waals surface area contributed by atoms with Crippen LogP contribution in [-0.4, -0.2) is 31.0 Å². The first-order valence-corrected chi connectivity index (χ1v) is 9.55. The molecule has 2 amide bonds. The lowest BCUT2D eigenvalue weighted by atomic mass is 9.92. The van der Waals surface area contributed by atoms with Crippen molar-refractivity contribution in [2.24, 2.45) is 5.41 Å². The zero-order valence-corrected chi connectivity index (χ0v) is 15.1. The van der Waals surface area contributed by atoms with Gasteiger partial charge in [-0.1, -0.05) is 36.4 Å². The lowest BCUT2D eigenvalue weighted by molar-refractivity contribution is -0.128. The normalized spacial score (nSPS) is 25.4. The van der Waals surface area contributed by atoms with Crippen molar-refractivity contribution >= 4 is 17.5 Å². The minimum atomic E-state index is -0.552. The topological polar surface area (TPSA) is 58.6 Å². The van der Waals surface area contributed by atoms with Crippen molar-refractivity contribution in [2.45, 2.75) is 31.2 Å². The number of nitrogens with zero attached hydrogens (tertiary/aromatic N) is 1. The Bertz CT molecular complexity index is 893. The summed E-state index contributed by atoms with van der Waals surface area (Å²) in [4.78, 5) is 27.4. The highest BCUT2D eigenvalue weighted by molar-refractivity contribution is 6.07. The van der Waals surface area contributed by atoms with Crippen molar-refractivity contribution in [1.29, 1.82) is 0 Å². The molecule has 5 nitrogen and oxygen atoms in total. The van der Waals surface area contributed by atoms with E-state index in [1.807, 2.05) is 48.5 Å². The van der Waals surface area contributed by atoms with Crippen LogP contribution < -0.4 is 15.0 Å².